The first-order valence-electron chi connectivity index (χ1n) is 4.15. The van der Waals surface area contributed by atoms with Crippen LogP contribution in [0.4, 0.5) is 8.78 Å². The molecule has 0 radical (unpaired) electrons. The van der Waals surface area contributed by atoms with Gasteiger partial charge in [-0.1, -0.05) is 46.3 Å². The van der Waals surface area contributed by atoms with Crippen molar-refractivity contribution in [3.8, 4) is 0 Å². The van der Waals surface area contributed by atoms with Gasteiger partial charge in [-0.2, -0.15) is 0 Å². The minimum Gasteiger partial charge on any atom is -0.205 e. The molecule has 0 N–H and O–H groups in total. The summed E-state index contributed by atoms with van der Waals surface area (Å²) >= 11 is 3.34. The minimum atomic E-state index is -2.42. The molecule has 0 aliphatic carbocycles. The summed E-state index contributed by atoms with van der Waals surface area (Å²) in [5, 5.41) is 1.43. The van der Waals surface area contributed by atoms with Gasteiger partial charge in [-0.3, -0.25) is 0 Å². The van der Waals surface area contributed by atoms with Crippen LogP contribution in [0.3, 0.4) is 0 Å². The highest BCUT2D eigenvalue weighted by Gasteiger charge is 2.11. The van der Waals surface area contributed by atoms with Crippen molar-refractivity contribution in [1.29, 1.82) is 0 Å². The van der Waals surface area contributed by atoms with E-state index in [0.29, 0.717) is 5.39 Å². The fourth-order valence-electron chi connectivity index (χ4n) is 1.48. The van der Waals surface area contributed by atoms with Gasteiger partial charge in [0.15, 0.2) is 0 Å². The third-order valence-corrected chi connectivity index (χ3v) is 2.83. The summed E-state index contributed by atoms with van der Waals surface area (Å²) in [7, 11) is 0. The van der Waals surface area contributed by atoms with Gasteiger partial charge in [0.1, 0.15) is 0 Å². The van der Waals surface area contributed by atoms with Crippen molar-refractivity contribution in [1.82, 2.24) is 0 Å². The number of hydrogen-bond donors (Lipinski definition) is 0. The zero-order valence-corrected chi connectivity index (χ0v) is 8.76. The number of halogens is 3. The van der Waals surface area contributed by atoms with Crippen molar-refractivity contribution in [2.24, 2.45) is 0 Å². The molecule has 2 rings (SSSR count). The molecule has 0 aromatic heterocycles. The second kappa shape index (κ2) is 3.65. The minimum absolute atomic E-state index is 0.0869. The highest BCUT2D eigenvalue weighted by molar-refractivity contribution is 9.10. The molecular weight excluding hydrogens is 250 g/mol. The molecule has 0 fully saturated rings. The number of benzene rings is 2. The van der Waals surface area contributed by atoms with Gasteiger partial charge in [-0.05, 0) is 16.8 Å². The zero-order valence-electron chi connectivity index (χ0n) is 7.18. The molecule has 0 aliphatic rings. The van der Waals surface area contributed by atoms with E-state index < -0.39 is 6.43 Å². The molecule has 2 aromatic carbocycles. The lowest BCUT2D eigenvalue weighted by atomic mass is 10.1. The second-order valence-electron chi connectivity index (χ2n) is 2.98. The first kappa shape index (κ1) is 9.59. The first-order chi connectivity index (χ1) is 6.70. The van der Waals surface area contributed by atoms with Crippen LogP contribution in [0.1, 0.15) is 12.0 Å². The molecule has 0 aliphatic heterocycles. The zero-order chi connectivity index (χ0) is 10.1. The van der Waals surface area contributed by atoms with Crippen molar-refractivity contribution in [2.45, 2.75) is 6.43 Å². The van der Waals surface area contributed by atoms with Crippen LogP contribution in [0.15, 0.2) is 40.9 Å². The Bertz CT molecular complexity index is 466. The SMILES string of the molecule is FC(F)c1ccc(Br)c2ccccc12. The monoisotopic (exact) mass is 256 g/mol. The molecule has 0 bridgehead atoms. The normalized spacial score (nSPS) is 11.1. The number of fused-ring (bicyclic) bond motifs is 1. The van der Waals surface area contributed by atoms with Crippen LogP contribution in [0, 0.1) is 0 Å². The van der Waals surface area contributed by atoms with Crippen LogP contribution >= 0.6 is 15.9 Å². The summed E-state index contributed by atoms with van der Waals surface area (Å²) in [6.45, 7) is 0. The van der Waals surface area contributed by atoms with Crippen molar-refractivity contribution in [3.05, 3.63) is 46.4 Å². The van der Waals surface area contributed by atoms with E-state index in [1.807, 2.05) is 12.1 Å². The Morgan fingerprint density at radius 2 is 1.57 bits per heavy atom. The lowest BCUT2D eigenvalue weighted by molar-refractivity contribution is 0.153. The number of alkyl halides is 2. The summed E-state index contributed by atoms with van der Waals surface area (Å²) < 4.78 is 26.1. The maximum absolute atomic E-state index is 12.6. The Labute approximate surface area is 88.7 Å². The van der Waals surface area contributed by atoms with Gasteiger partial charge in [0.25, 0.3) is 6.43 Å². The summed E-state index contributed by atoms with van der Waals surface area (Å²) in [5.74, 6) is 0. The van der Waals surface area contributed by atoms with Crippen molar-refractivity contribution >= 4 is 26.7 Å². The molecule has 14 heavy (non-hydrogen) atoms. The standard InChI is InChI=1S/C11H7BrF2/c12-10-6-5-9(11(13)14)7-3-1-2-4-8(7)10/h1-6,11H. The second-order valence-corrected chi connectivity index (χ2v) is 3.84. The maximum Gasteiger partial charge on any atom is 0.264 e. The maximum atomic E-state index is 12.6. The van der Waals surface area contributed by atoms with E-state index in [1.54, 1.807) is 18.2 Å². The van der Waals surface area contributed by atoms with Crippen LogP contribution in [-0.2, 0) is 0 Å². The molecule has 3 heteroatoms. The highest BCUT2D eigenvalue weighted by atomic mass is 79.9. The van der Waals surface area contributed by atoms with Gasteiger partial charge < -0.3 is 0 Å². The van der Waals surface area contributed by atoms with E-state index in [9.17, 15) is 8.78 Å². The Kier molecular flexibility index (Phi) is 2.50. The topological polar surface area (TPSA) is 0 Å². The fourth-order valence-corrected chi connectivity index (χ4v) is 1.95. The van der Waals surface area contributed by atoms with Crippen LogP contribution in [-0.4, -0.2) is 0 Å². The Morgan fingerprint density at radius 1 is 0.929 bits per heavy atom. The molecular formula is C11H7BrF2. The first-order valence-corrected chi connectivity index (χ1v) is 4.95. The smallest absolute Gasteiger partial charge is 0.205 e. The van der Waals surface area contributed by atoms with Crippen LogP contribution in [0.5, 0.6) is 0 Å². The van der Waals surface area contributed by atoms with E-state index in [2.05, 4.69) is 15.9 Å². The quantitative estimate of drug-likeness (QED) is 0.703. The Hall–Kier alpha value is -0.960. The third-order valence-electron chi connectivity index (χ3n) is 2.14. The Balaban J connectivity index is 2.82. The van der Waals surface area contributed by atoms with Gasteiger partial charge in [-0.25, -0.2) is 8.78 Å². The van der Waals surface area contributed by atoms with Gasteiger partial charge in [0.05, 0.1) is 0 Å². The highest BCUT2D eigenvalue weighted by Crippen LogP contribution is 2.31. The molecule has 0 spiro atoms. The van der Waals surface area contributed by atoms with E-state index in [0.717, 1.165) is 9.86 Å². The van der Waals surface area contributed by atoms with E-state index in [-0.39, 0.29) is 5.56 Å². The molecule has 0 saturated carbocycles. The predicted octanol–water partition coefficient (Wildman–Crippen LogP) is 4.54. The van der Waals surface area contributed by atoms with Crippen molar-refractivity contribution in [2.75, 3.05) is 0 Å². The molecule has 0 nitrogen and oxygen atoms in total. The predicted molar refractivity (Wildman–Crippen MR) is 56.6 cm³/mol. The molecule has 0 unspecified atom stereocenters. The van der Waals surface area contributed by atoms with Crippen LogP contribution < -0.4 is 0 Å². The summed E-state index contributed by atoms with van der Waals surface area (Å²) in [5.41, 5.74) is 0.0869. The molecule has 0 heterocycles. The average Bonchev–Trinajstić information content (AvgIpc) is 2.18. The van der Waals surface area contributed by atoms with E-state index in [1.165, 1.54) is 6.07 Å². The molecule has 72 valence electrons. The lowest BCUT2D eigenvalue weighted by Gasteiger charge is -2.06. The average molecular weight is 257 g/mol. The van der Waals surface area contributed by atoms with E-state index in [4.69, 9.17) is 0 Å². The third kappa shape index (κ3) is 1.52. The lowest BCUT2D eigenvalue weighted by Crippen LogP contribution is -1.86. The summed E-state index contributed by atoms with van der Waals surface area (Å²) in [6, 6.07) is 10.2. The summed E-state index contributed by atoms with van der Waals surface area (Å²) in [4.78, 5) is 0. The fraction of sp³-hybridized carbons (Fsp3) is 0.0909. The molecule has 0 amide bonds. The molecule has 2 aromatic rings. The van der Waals surface area contributed by atoms with Crippen LogP contribution in [0.25, 0.3) is 10.8 Å². The van der Waals surface area contributed by atoms with Gasteiger partial charge in [-0.15, -0.1) is 0 Å². The van der Waals surface area contributed by atoms with Gasteiger partial charge >= 0.3 is 0 Å². The van der Waals surface area contributed by atoms with E-state index >= 15 is 0 Å². The van der Waals surface area contributed by atoms with Crippen molar-refractivity contribution in [3.63, 3.8) is 0 Å². The van der Waals surface area contributed by atoms with Gasteiger partial charge in [0.2, 0.25) is 0 Å². The Morgan fingerprint density at radius 3 is 2.21 bits per heavy atom. The van der Waals surface area contributed by atoms with Gasteiger partial charge in [0, 0.05) is 10.0 Å². The largest absolute Gasteiger partial charge is 0.264 e. The van der Waals surface area contributed by atoms with Crippen LogP contribution in [0.2, 0.25) is 0 Å². The number of rotatable bonds is 1. The summed E-state index contributed by atoms with van der Waals surface area (Å²) in [6.07, 6.45) is -2.42. The van der Waals surface area contributed by atoms with Crippen molar-refractivity contribution < 1.29 is 8.78 Å². The molecule has 0 atom stereocenters. The number of hydrogen-bond acceptors (Lipinski definition) is 0. The molecule has 0 saturated heterocycles.